The van der Waals surface area contributed by atoms with E-state index < -0.39 is 0 Å². The Kier molecular flexibility index (Phi) is 2.76. The van der Waals surface area contributed by atoms with Crippen LogP contribution in [-0.4, -0.2) is 15.1 Å². The molecule has 3 rings (SSSR count). The van der Waals surface area contributed by atoms with Crippen LogP contribution in [0, 0.1) is 5.82 Å². The summed E-state index contributed by atoms with van der Waals surface area (Å²) in [6, 6.07) is 13.4. The summed E-state index contributed by atoms with van der Waals surface area (Å²) in [4.78, 5) is 7.38. The average Bonchev–Trinajstić information content (AvgIpc) is 2.80. The fourth-order valence-corrected chi connectivity index (χ4v) is 1.90. The van der Waals surface area contributed by atoms with Crippen molar-refractivity contribution in [1.29, 1.82) is 0 Å². The molecule has 0 fully saturated rings. The van der Waals surface area contributed by atoms with Crippen LogP contribution in [0.2, 0.25) is 0 Å². The number of rotatable bonds is 2. The van der Waals surface area contributed by atoms with Gasteiger partial charge in [-0.1, -0.05) is 24.3 Å². The molecule has 0 spiro atoms. The van der Waals surface area contributed by atoms with Gasteiger partial charge >= 0.3 is 0 Å². The zero-order valence-corrected chi connectivity index (χ0v) is 9.97. The van der Waals surface area contributed by atoms with Gasteiger partial charge in [0.25, 0.3) is 0 Å². The molecule has 0 bridgehead atoms. The first-order valence-electron chi connectivity index (χ1n) is 5.84. The Bertz CT molecular complexity index is 728. The summed E-state index contributed by atoms with van der Waals surface area (Å²) >= 11 is 0. The van der Waals surface area contributed by atoms with Gasteiger partial charge in [-0.15, -0.1) is 0 Å². The van der Waals surface area contributed by atoms with Gasteiger partial charge in [-0.05, 0) is 24.3 Å². The van der Waals surface area contributed by atoms with Gasteiger partial charge in [0.05, 0.1) is 11.0 Å². The van der Waals surface area contributed by atoms with E-state index in [2.05, 4.69) is 9.97 Å². The number of aliphatic hydroxyl groups is 1. The molecule has 0 aliphatic carbocycles. The minimum Gasteiger partial charge on any atom is -0.507 e. The number of para-hydroxylation sites is 2. The molecule has 2 aromatic carbocycles. The summed E-state index contributed by atoms with van der Waals surface area (Å²) in [5.74, 6) is 0.114. The largest absolute Gasteiger partial charge is 0.507 e. The van der Waals surface area contributed by atoms with Crippen molar-refractivity contribution in [3.8, 4) is 0 Å². The lowest BCUT2D eigenvalue weighted by Crippen LogP contribution is -1.85. The van der Waals surface area contributed by atoms with E-state index in [-0.39, 0.29) is 11.6 Å². The summed E-state index contributed by atoms with van der Waals surface area (Å²) in [6.45, 7) is 0. The van der Waals surface area contributed by atoms with Gasteiger partial charge in [-0.3, -0.25) is 0 Å². The molecular formula is C15H11FN2O. The average molecular weight is 254 g/mol. The quantitative estimate of drug-likeness (QED) is 0.684. The van der Waals surface area contributed by atoms with Crippen LogP contribution in [0.3, 0.4) is 0 Å². The van der Waals surface area contributed by atoms with Gasteiger partial charge in [0.15, 0.2) is 0 Å². The van der Waals surface area contributed by atoms with Crippen LogP contribution in [-0.2, 0) is 0 Å². The number of aromatic nitrogens is 2. The van der Waals surface area contributed by atoms with Crippen molar-refractivity contribution in [1.82, 2.24) is 9.97 Å². The first kappa shape index (κ1) is 11.5. The molecule has 0 atom stereocenters. The van der Waals surface area contributed by atoms with Crippen LogP contribution < -0.4 is 0 Å². The molecule has 0 unspecified atom stereocenters. The SMILES string of the molecule is O/C(=C\c1nc2ccccc2[nH]1)c1cccc(F)c1. The van der Waals surface area contributed by atoms with Gasteiger partial charge in [0.2, 0.25) is 0 Å². The van der Waals surface area contributed by atoms with Crippen LogP contribution in [0.15, 0.2) is 48.5 Å². The highest BCUT2D eigenvalue weighted by molar-refractivity contribution is 5.80. The van der Waals surface area contributed by atoms with E-state index in [0.717, 1.165) is 11.0 Å². The molecule has 3 aromatic rings. The number of halogens is 1. The number of nitrogens with one attached hydrogen (secondary N) is 1. The number of H-pyrrole nitrogens is 1. The van der Waals surface area contributed by atoms with E-state index >= 15 is 0 Å². The number of imidazole rings is 1. The monoisotopic (exact) mass is 254 g/mol. The zero-order valence-electron chi connectivity index (χ0n) is 9.97. The lowest BCUT2D eigenvalue weighted by atomic mass is 10.2. The standard InChI is InChI=1S/C15H11FN2O/c16-11-5-3-4-10(8-11)14(19)9-15-17-12-6-1-2-7-13(12)18-15/h1-9,19H,(H,17,18)/b14-9-. The van der Waals surface area contributed by atoms with E-state index in [0.29, 0.717) is 11.4 Å². The fourth-order valence-electron chi connectivity index (χ4n) is 1.90. The van der Waals surface area contributed by atoms with Crippen molar-refractivity contribution in [3.63, 3.8) is 0 Å². The molecule has 4 heteroatoms. The van der Waals surface area contributed by atoms with E-state index in [1.807, 2.05) is 24.3 Å². The second kappa shape index (κ2) is 4.57. The van der Waals surface area contributed by atoms with Crippen LogP contribution in [0.25, 0.3) is 22.9 Å². The predicted molar refractivity (Wildman–Crippen MR) is 73.0 cm³/mol. The maximum absolute atomic E-state index is 13.1. The molecule has 3 nitrogen and oxygen atoms in total. The van der Waals surface area contributed by atoms with Crippen molar-refractivity contribution >= 4 is 22.9 Å². The Labute approximate surface area is 109 Å². The van der Waals surface area contributed by atoms with Crippen LogP contribution in [0.1, 0.15) is 11.4 Å². The normalized spacial score (nSPS) is 11.9. The van der Waals surface area contributed by atoms with Crippen LogP contribution in [0.4, 0.5) is 4.39 Å². The molecule has 0 aliphatic heterocycles. The van der Waals surface area contributed by atoms with Gasteiger partial charge < -0.3 is 10.1 Å². The van der Waals surface area contributed by atoms with Crippen molar-refractivity contribution in [3.05, 3.63) is 65.7 Å². The summed E-state index contributed by atoms with van der Waals surface area (Å²) in [5.41, 5.74) is 2.13. The van der Waals surface area contributed by atoms with Gasteiger partial charge in [-0.2, -0.15) is 0 Å². The number of hydrogen-bond acceptors (Lipinski definition) is 2. The zero-order chi connectivity index (χ0) is 13.2. The Morgan fingerprint density at radius 2 is 2.00 bits per heavy atom. The van der Waals surface area contributed by atoms with Gasteiger partial charge in [-0.25, -0.2) is 9.37 Å². The lowest BCUT2D eigenvalue weighted by Gasteiger charge is -1.99. The summed E-state index contributed by atoms with van der Waals surface area (Å²) in [5, 5.41) is 9.96. The molecule has 2 N–H and O–H groups in total. The second-order valence-electron chi connectivity index (χ2n) is 4.18. The van der Waals surface area contributed by atoms with Crippen LogP contribution in [0.5, 0.6) is 0 Å². The third-order valence-corrected chi connectivity index (χ3v) is 2.80. The minimum atomic E-state index is -0.387. The topological polar surface area (TPSA) is 48.9 Å². The van der Waals surface area contributed by atoms with E-state index in [4.69, 9.17) is 0 Å². The molecule has 1 aromatic heterocycles. The Balaban J connectivity index is 2.00. The molecule has 0 radical (unpaired) electrons. The van der Waals surface area contributed by atoms with E-state index in [1.54, 1.807) is 12.1 Å². The fraction of sp³-hybridized carbons (Fsp3) is 0. The van der Waals surface area contributed by atoms with Gasteiger partial charge in [0, 0.05) is 11.6 Å². The molecule has 1 heterocycles. The molecule has 94 valence electrons. The third-order valence-electron chi connectivity index (χ3n) is 2.80. The van der Waals surface area contributed by atoms with Crippen LogP contribution >= 0.6 is 0 Å². The molecule has 0 saturated carbocycles. The third kappa shape index (κ3) is 2.33. The highest BCUT2D eigenvalue weighted by atomic mass is 19.1. The van der Waals surface area contributed by atoms with Crippen molar-refractivity contribution < 1.29 is 9.50 Å². The van der Waals surface area contributed by atoms with E-state index in [9.17, 15) is 9.50 Å². The molecule has 0 aliphatic rings. The Hall–Kier alpha value is -2.62. The second-order valence-corrected chi connectivity index (χ2v) is 4.18. The molecule has 19 heavy (non-hydrogen) atoms. The van der Waals surface area contributed by atoms with Gasteiger partial charge in [0.1, 0.15) is 17.4 Å². The molecular weight excluding hydrogens is 243 g/mol. The minimum absolute atomic E-state index is 0.0291. The van der Waals surface area contributed by atoms with E-state index in [1.165, 1.54) is 18.2 Å². The Morgan fingerprint density at radius 1 is 1.16 bits per heavy atom. The number of aliphatic hydroxyl groups excluding tert-OH is 1. The van der Waals surface area contributed by atoms with Crippen molar-refractivity contribution in [2.75, 3.05) is 0 Å². The summed E-state index contributed by atoms with van der Waals surface area (Å²) in [6.07, 6.45) is 1.48. The van der Waals surface area contributed by atoms with Crippen molar-refractivity contribution in [2.45, 2.75) is 0 Å². The number of hydrogen-bond donors (Lipinski definition) is 2. The first-order valence-corrected chi connectivity index (χ1v) is 5.84. The predicted octanol–water partition coefficient (Wildman–Crippen LogP) is 3.76. The highest BCUT2D eigenvalue weighted by Crippen LogP contribution is 2.17. The number of fused-ring (bicyclic) bond motifs is 1. The highest BCUT2D eigenvalue weighted by Gasteiger charge is 2.04. The number of nitrogens with zero attached hydrogens (tertiary/aromatic N) is 1. The summed E-state index contributed by atoms with van der Waals surface area (Å²) in [7, 11) is 0. The first-order chi connectivity index (χ1) is 9.22. The van der Waals surface area contributed by atoms with Crippen molar-refractivity contribution in [2.24, 2.45) is 0 Å². The maximum atomic E-state index is 13.1. The smallest absolute Gasteiger partial charge is 0.134 e. The molecule has 0 saturated heterocycles. The lowest BCUT2D eigenvalue weighted by molar-refractivity contribution is 0.514. The molecule has 0 amide bonds. The number of benzene rings is 2. The number of aromatic amines is 1. The Morgan fingerprint density at radius 3 is 2.79 bits per heavy atom. The summed E-state index contributed by atoms with van der Waals surface area (Å²) < 4.78 is 13.1. The maximum Gasteiger partial charge on any atom is 0.134 e.